The second kappa shape index (κ2) is 8.65. The maximum absolute atomic E-state index is 13.0. The van der Waals surface area contributed by atoms with Crippen molar-refractivity contribution in [2.45, 2.75) is 36.9 Å². The number of anilines is 1. The number of carbonyl (C=O) groups excluding carboxylic acids is 1. The number of hydrogen-bond donors (Lipinski definition) is 2. The minimum absolute atomic E-state index is 0.0726. The molecule has 1 saturated heterocycles. The number of ether oxygens (including phenoxy) is 1. The molecule has 4 rings (SSSR count). The van der Waals surface area contributed by atoms with E-state index in [0.717, 1.165) is 48.7 Å². The van der Waals surface area contributed by atoms with Gasteiger partial charge in [0.15, 0.2) is 0 Å². The molecule has 12 heteroatoms. The molecular formula is C21H22F3N5O3S. The first-order valence-corrected chi connectivity index (χ1v) is 11.3. The van der Waals surface area contributed by atoms with Gasteiger partial charge in [-0.15, -0.1) is 13.2 Å². The molecule has 0 radical (unpaired) electrons. The summed E-state index contributed by atoms with van der Waals surface area (Å²) < 4.78 is 55.1. The predicted molar refractivity (Wildman–Crippen MR) is 116 cm³/mol. The fraction of sp³-hybridized carbons (Fsp3) is 0.381. The fourth-order valence-corrected chi connectivity index (χ4v) is 5.87. The normalized spacial score (nSPS) is 22.8. The van der Waals surface area contributed by atoms with Crippen LogP contribution in [-0.2, 0) is 17.4 Å². The van der Waals surface area contributed by atoms with Crippen LogP contribution >= 0.6 is 0 Å². The van der Waals surface area contributed by atoms with Crippen LogP contribution in [-0.4, -0.2) is 56.0 Å². The molecule has 8 nitrogen and oxygen atoms in total. The fourth-order valence-electron chi connectivity index (χ4n) is 4.24. The van der Waals surface area contributed by atoms with Crippen molar-refractivity contribution < 1.29 is 26.9 Å². The van der Waals surface area contributed by atoms with E-state index in [1.165, 1.54) is 4.31 Å². The van der Waals surface area contributed by atoms with Crippen LogP contribution in [0.15, 0.2) is 36.5 Å². The van der Waals surface area contributed by atoms with Crippen LogP contribution in [0.4, 0.5) is 18.9 Å². The van der Waals surface area contributed by atoms with Crippen LogP contribution in [0, 0.1) is 5.41 Å². The van der Waals surface area contributed by atoms with E-state index in [0.29, 0.717) is 5.69 Å². The number of rotatable bonds is 3. The average molecular weight is 482 g/mol. The summed E-state index contributed by atoms with van der Waals surface area (Å²) in [5.41, 5.74) is 2.36. The molecule has 1 aliphatic carbocycles. The van der Waals surface area contributed by atoms with Gasteiger partial charge in [0.25, 0.3) is 5.91 Å². The molecule has 1 aromatic carbocycles. The number of aromatic nitrogens is 1. The lowest BCUT2D eigenvalue weighted by Gasteiger charge is -2.44. The SMILES string of the molecule is CN1C(=N)N(C)S(=O)C2CCCc3ccc(NC(=O)c4ccc(OC(F)(F)F)cn4)cc3C21. The number of halogens is 3. The minimum Gasteiger partial charge on any atom is -0.404 e. The molecule has 33 heavy (non-hydrogen) atoms. The van der Waals surface area contributed by atoms with Gasteiger partial charge in [-0.2, -0.15) is 0 Å². The second-order valence-corrected chi connectivity index (χ2v) is 9.58. The summed E-state index contributed by atoms with van der Waals surface area (Å²) >= 11 is 0. The third-order valence-electron chi connectivity index (χ3n) is 5.79. The summed E-state index contributed by atoms with van der Waals surface area (Å²) in [7, 11) is 2.09. The van der Waals surface area contributed by atoms with Gasteiger partial charge < -0.3 is 15.0 Å². The van der Waals surface area contributed by atoms with Gasteiger partial charge in [0.1, 0.15) is 22.4 Å². The van der Waals surface area contributed by atoms with Crippen molar-refractivity contribution >= 4 is 28.5 Å². The lowest BCUT2D eigenvalue weighted by Crippen LogP contribution is -2.54. The zero-order valence-corrected chi connectivity index (χ0v) is 18.7. The van der Waals surface area contributed by atoms with Crippen molar-refractivity contribution in [3.8, 4) is 5.75 Å². The molecule has 1 fully saturated rings. The lowest BCUT2D eigenvalue weighted by molar-refractivity contribution is -0.274. The Bertz CT molecular complexity index is 1110. The number of alkyl halides is 3. The Morgan fingerprint density at radius 2 is 2.03 bits per heavy atom. The zero-order chi connectivity index (χ0) is 23.9. The highest BCUT2D eigenvalue weighted by Crippen LogP contribution is 2.40. The molecule has 2 heterocycles. The molecule has 2 aliphatic rings. The minimum atomic E-state index is -4.84. The van der Waals surface area contributed by atoms with Crippen molar-refractivity contribution in [3.05, 3.63) is 53.3 Å². The van der Waals surface area contributed by atoms with E-state index in [-0.39, 0.29) is 22.9 Å². The molecule has 0 spiro atoms. The number of guanidine groups is 1. The predicted octanol–water partition coefficient (Wildman–Crippen LogP) is 3.45. The van der Waals surface area contributed by atoms with Crippen LogP contribution in [0.25, 0.3) is 0 Å². The molecule has 3 atom stereocenters. The van der Waals surface area contributed by atoms with Crippen molar-refractivity contribution in [1.82, 2.24) is 14.2 Å². The molecule has 2 N–H and O–H groups in total. The van der Waals surface area contributed by atoms with Gasteiger partial charge >= 0.3 is 6.36 Å². The molecule has 0 bridgehead atoms. The third-order valence-corrected chi connectivity index (χ3v) is 7.51. The molecule has 1 aliphatic heterocycles. The van der Waals surface area contributed by atoms with Crippen LogP contribution < -0.4 is 10.1 Å². The molecule has 1 aromatic heterocycles. The van der Waals surface area contributed by atoms with E-state index >= 15 is 0 Å². The van der Waals surface area contributed by atoms with E-state index in [1.54, 1.807) is 25.1 Å². The van der Waals surface area contributed by atoms with Gasteiger partial charge in [-0.1, -0.05) is 6.07 Å². The maximum atomic E-state index is 13.0. The summed E-state index contributed by atoms with van der Waals surface area (Å²) in [5.74, 6) is -0.954. The van der Waals surface area contributed by atoms with Crippen LogP contribution in [0.3, 0.4) is 0 Å². The Kier molecular flexibility index (Phi) is 6.04. The first kappa shape index (κ1) is 23.0. The number of pyridine rings is 1. The van der Waals surface area contributed by atoms with E-state index in [4.69, 9.17) is 5.41 Å². The molecule has 176 valence electrons. The zero-order valence-electron chi connectivity index (χ0n) is 17.8. The van der Waals surface area contributed by atoms with Crippen LogP contribution in [0.5, 0.6) is 5.75 Å². The van der Waals surface area contributed by atoms with Gasteiger partial charge in [-0.3, -0.25) is 14.5 Å². The van der Waals surface area contributed by atoms with Crippen molar-refractivity contribution in [2.24, 2.45) is 0 Å². The Balaban J connectivity index is 1.58. The number of benzene rings is 1. The van der Waals surface area contributed by atoms with Crippen LogP contribution in [0.2, 0.25) is 0 Å². The third kappa shape index (κ3) is 4.65. The summed E-state index contributed by atoms with van der Waals surface area (Å²) in [6, 6.07) is 7.34. The number of carbonyl (C=O) groups is 1. The molecule has 1 amide bonds. The summed E-state index contributed by atoms with van der Waals surface area (Å²) in [5, 5.41) is 10.8. The van der Waals surface area contributed by atoms with E-state index in [2.05, 4.69) is 15.0 Å². The first-order chi connectivity index (χ1) is 15.5. The van der Waals surface area contributed by atoms with Crippen molar-refractivity contribution in [1.29, 1.82) is 5.41 Å². The molecule has 0 saturated carbocycles. The Hall–Kier alpha value is -3.15. The maximum Gasteiger partial charge on any atom is 0.573 e. The highest BCUT2D eigenvalue weighted by Gasteiger charge is 2.43. The standard InChI is InChI=1S/C21H22F3N5O3S/c1-28-18-15-10-13(27-19(30)16-9-8-14(11-26-16)32-21(22,23)24)7-6-12(15)4-3-5-17(18)33(31)29(2)20(28)25/h6-11,17-18,25H,3-5H2,1-2H3,(H,27,30). The Morgan fingerprint density at radius 1 is 1.27 bits per heavy atom. The quantitative estimate of drug-likeness (QED) is 0.700. The number of nitrogens with zero attached hydrogens (tertiary/aromatic N) is 3. The summed E-state index contributed by atoms with van der Waals surface area (Å²) in [6.45, 7) is 0. The van der Waals surface area contributed by atoms with E-state index in [1.807, 2.05) is 12.1 Å². The largest absolute Gasteiger partial charge is 0.573 e. The summed E-state index contributed by atoms with van der Waals surface area (Å²) in [4.78, 5) is 18.1. The first-order valence-electron chi connectivity index (χ1n) is 10.2. The van der Waals surface area contributed by atoms with Gasteiger partial charge in [-0.05, 0) is 54.7 Å². The highest BCUT2D eigenvalue weighted by molar-refractivity contribution is 7.84. The smallest absolute Gasteiger partial charge is 0.404 e. The van der Waals surface area contributed by atoms with Gasteiger partial charge in [0.05, 0.1) is 17.5 Å². The Morgan fingerprint density at radius 3 is 2.70 bits per heavy atom. The second-order valence-electron chi connectivity index (χ2n) is 7.88. The molecule has 2 aromatic rings. The lowest BCUT2D eigenvalue weighted by atomic mass is 9.97. The topological polar surface area (TPSA) is 98.6 Å². The van der Waals surface area contributed by atoms with Crippen molar-refractivity contribution in [3.63, 3.8) is 0 Å². The molecular weight excluding hydrogens is 459 g/mol. The molecule has 3 unspecified atom stereocenters. The highest BCUT2D eigenvalue weighted by atomic mass is 32.2. The summed E-state index contributed by atoms with van der Waals surface area (Å²) in [6.07, 6.45) is -1.62. The number of fused-ring (bicyclic) bond motifs is 3. The number of amides is 1. The van der Waals surface area contributed by atoms with E-state index < -0.39 is 29.0 Å². The Labute approximate surface area is 190 Å². The van der Waals surface area contributed by atoms with Gasteiger partial charge in [0.2, 0.25) is 5.96 Å². The van der Waals surface area contributed by atoms with E-state index in [9.17, 15) is 22.2 Å². The number of aryl methyl sites for hydroxylation is 1. The monoisotopic (exact) mass is 481 g/mol. The number of nitrogens with one attached hydrogen (secondary N) is 2. The van der Waals surface area contributed by atoms with Gasteiger partial charge in [0, 0.05) is 19.8 Å². The average Bonchev–Trinajstić information content (AvgIpc) is 2.95. The van der Waals surface area contributed by atoms with Crippen molar-refractivity contribution in [2.75, 3.05) is 19.4 Å². The van der Waals surface area contributed by atoms with Gasteiger partial charge in [-0.25, -0.2) is 9.19 Å². The van der Waals surface area contributed by atoms with Crippen LogP contribution in [0.1, 0.15) is 40.5 Å². The number of hydrogen-bond acceptors (Lipinski definition) is 5.